The van der Waals surface area contributed by atoms with Crippen LogP contribution in [-0.4, -0.2) is 23.2 Å². The van der Waals surface area contributed by atoms with Crippen molar-refractivity contribution in [1.29, 1.82) is 0 Å². The van der Waals surface area contributed by atoms with Crippen molar-refractivity contribution in [2.75, 3.05) is 6.61 Å². The van der Waals surface area contributed by atoms with Crippen LogP contribution < -0.4 is 19.6 Å². The number of esters is 1. The number of benzene rings is 4. The van der Waals surface area contributed by atoms with E-state index in [1.54, 1.807) is 11.5 Å². The van der Waals surface area contributed by atoms with Crippen LogP contribution in [0.25, 0.3) is 22.5 Å². The molecule has 1 aromatic heterocycles. The van der Waals surface area contributed by atoms with Gasteiger partial charge in [-0.15, -0.1) is 0 Å². The summed E-state index contributed by atoms with van der Waals surface area (Å²) < 4.78 is 13.9. The minimum Gasteiger partial charge on any atom is -0.490 e. The summed E-state index contributed by atoms with van der Waals surface area (Å²) in [5, 5.41) is 2.03. The van der Waals surface area contributed by atoms with Gasteiger partial charge in [0.25, 0.3) is 5.56 Å². The maximum atomic E-state index is 14.3. The zero-order chi connectivity index (χ0) is 29.2. The average molecular weight is 575 g/mol. The van der Waals surface area contributed by atoms with Crippen LogP contribution in [0, 0.1) is 0 Å². The highest BCUT2D eigenvalue weighted by Crippen LogP contribution is 2.35. The van der Waals surface area contributed by atoms with Crippen molar-refractivity contribution in [3.05, 3.63) is 139 Å². The van der Waals surface area contributed by atoms with E-state index in [1.165, 1.54) is 11.3 Å². The Hall–Kier alpha value is -4.75. The molecule has 0 N–H and O–H groups in total. The van der Waals surface area contributed by atoms with Crippen LogP contribution in [0.3, 0.4) is 0 Å². The first-order valence-corrected chi connectivity index (χ1v) is 14.8. The molecule has 0 unspecified atom stereocenters. The number of hydrogen-bond donors (Lipinski definition) is 0. The molecular weight excluding hydrogens is 544 g/mol. The number of aromatic nitrogens is 1. The van der Waals surface area contributed by atoms with E-state index in [-0.39, 0.29) is 18.3 Å². The van der Waals surface area contributed by atoms with Crippen LogP contribution in [0.1, 0.15) is 43.5 Å². The fourth-order valence-corrected chi connectivity index (χ4v) is 6.29. The number of hydrogen-bond acceptors (Lipinski definition) is 6. The first-order valence-electron chi connectivity index (χ1n) is 14.0. The second-order valence-electron chi connectivity index (χ2n) is 10.2. The highest BCUT2D eigenvalue weighted by molar-refractivity contribution is 7.07. The summed E-state index contributed by atoms with van der Waals surface area (Å²) in [4.78, 5) is 33.4. The molecule has 4 aromatic carbocycles. The van der Waals surface area contributed by atoms with Crippen molar-refractivity contribution in [1.82, 2.24) is 4.57 Å². The van der Waals surface area contributed by atoms with Gasteiger partial charge in [0.1, 0.15) is 5.75 Å². The van der Waals surface area contributed by atoms with E-state index in [1.807, 2.05) is 117 Å². The van der Waals surface area contributed by atoms with E-state index in [9.17, 15) is 9.59 Å². The molecule has 0 amide bonds. The van der Waals surface area contributed by atoms with Crippen LogP contribution in [-0.2, 0) is 9.53 Å². The topological polar surface area (TPSA) is 69.9 Å². The van der Waals surface area contributed by atoms with Crippen molar-refractivity contribution in [3.63, 3.8) is 0 Å². The van der Waals surface area contributed by atoms with Gasteiger partial charge in [-0.05, 0) is 49.2 Å². The van der Waals surface area contributed by atoms with E-state index < -0.39 is 12.0 Å². The molecule has 1 aliphatic heterocycles. The Labute approximate surface area is 247 Å². The van der Waals surface area contributed by atoms with Crippen molar-refractivity contribution >= 4 is 39.9 Å². The van der Waals surface area contributed by atoms with Crippen LogP contribution in [0.5, 0.6) is 5.75 Å². The molecule has 2 heterocycles. The third-order valence-corrected chi connectivity index (χ3v) is 8.04. The van der Waals surface area contributed by atoms with Gasteiger partial charge in [-0.3, -0.25) is 9.36 Å². The number of rotatable bonds is 7. The summed E-state index contributed by atoms with van der Waals surface area (Å²) in [7, 11) is 0. The summed E-state index contributed by atoms with van der Waals surface area (Å²) >= 11 is 1.30. The van der Waals surface area contributed by atoms with Crippen molar-refractivity contribution in [3.8, 4) is 5.75 Å². The number of ether oxygens (including phenoxy) is 2. The van der Waals surface area contributed by atoms with Crippen molar-refractivity contribution in [2.24, 2.45) is 4.99 Å². The summed E-state index contributed by atoms with van der Waals surface area (Å²) in [5.41, 5.74) is 3.01. The van der Waals surface area contributed by atoms with Gasteiger partial charge in [-0.25, -0.2) is 9.79 Å². The Balaban J connectivity index is 1.66. The molecule has 42 heavy (non-hydrogen) atoms. The minimum absolute atomic E-state index is 0.0434. The van der Waals surface area contributed by atoms with Gasteiger partial charge < -0.3 is 9.47 Å². The fourth-order valence-electron chi connectivity index (χ4n) is 5.30. The molecule has 210 valence electrons. The van der Waals surface area contributed by atoms with Gasteiger partial charge in [-0.2, -0.15) is 0 Å². The highest BCUT2D eigenvalue weighted by Gasteiger charge is 2.35. The predicted molar refractivity (Wildman–Crippen MR) is 167 cm³/mol. The van der Waals surface area contributed by atoms with E-state index in [0.29, 0.717) is 26.4 Å². The minimum atomic E-state index is -0.710. The Morgan fingerprint density at radius 2 is 1.64 bits per heavy atom. The first kappa shape index (κ1) is 27.4. The second-order valence-corrected chi connectivity index (χ2v) is 11.2. The Kier molecular flexibility index (Phi) is 7.59. The molecule has 0 fully saturated rings. The Morgan fingerprint density at radius 3 is 2.36 bits per heavy atom. The fraction of sp³-hybridized carbons (Fsp3) is 0.171. The average Bonchev–Trinajstić information content (AvgIpc) is 3.32. The molecule has 1 aliphatic rings. The standard InChI is InChI=1S/C35H30N2O4S/c1-4-40-34(39)30-31(24-14-7-5-8-15-24)36-35-37(32(30)25-16-9-6-10-17-25)33(38)29(42-35)21-27-26-18-12-11-13-23(26)19-20-28(27)41-22(2)3/h5-22,32H,4H2,1-3H3/b29-21-/t32-/m1/s1. The van der Waals surface area contributed by atoms with E-state index >= 15 is 0 Å². The normalized spacial score (nSPS) is 15.0. The number of carbonyl (C=O) groups is 1. The zero-order valence-corrected chi connectivity index (χ0v) is 24.4. The van der Waals surface area contributed by atoms with Gasteiger partial charge in [0, 0.05) is 11.1 Å². The largest absolute Gasteiger partial charge is 0.490 e. The quantitative estimate of drug-likeness (QED) is 0.228. The smallest absolute Gasteiger partial charge is 0.338 e. The monoisotopic (exact) mass is 574 g/mol. The molecule has 1 atom stereocenters. The third kappa shape index (κ3) is 5.08. The molecule has 7 heteroatoms. The van der Waals surface area contributed by atoms with Gasteiger partial charge in [-0.1, -0.05) is 102 Å². The SMILES string of the molecule is CCOC(=O)C1=C(c2ccccc2)N=c2s/c(=C\c3c(OC(C)C)ccc4ccccc34)c(=O)n2[C@@H]1c1ccccc1. The number of thiazole rings is 1. The Morgan fingerprint density at radius 1 is 0.952 bits per heavy atom. The van der Waals surface area contributed by atoms with Crippen molar-refractivity contribution in [2.45, 2.75) is 32.9 Å². The van der Waals surface area contributed by atoms with E-state index in [0.717, 1.165) is 27.5 Å². The maximum Gasteiger partial charge on any atom is 0.338 e. The lowest BCUT2D eigenvalue weighted by atomic mass is 9.93. The second kappa shape index (κ2) is 11.6. The van der Waals surface area contributed by atoms with Crippen LogP contribution >= 0.6 is 11.3 Å². The summed E-state index contributed by atoms with van der Waals surface area (Å²) in [5.74, 6) is 0.205. The highest BCUT2D eigenvalue weighted by atomic mass is 32.1. The molecule has 0 bridgehead atoms. The lowest BCUT2D eigenvalue weighted by molar-refractivity contribution is -0.138. The van der Waals surface area contributed by atoms with Crippen LogP contribution in [0.4, 0.5) is 0 Å². The van der Waals surface area contributed by atoms with E-state index in [4.69, 9.17) is 14.5 Å². The molecule has 6 rings (SSSR count). The molecule has 0 spiro atoms. The van der Waals surface area contributed by atoms with Gasteiger partial charge in [0.05, 0.1) is 34.6 Å². The lowest BCUT2D eigenvalue weighted by Gasteiger charge is -2.25. The van der Waals surface area contributed by atoms with Gasteiger partial charge in [0.2, 0.25) is 0 Å². The molecule has 6 nitrogen and oxygen atoms in total. The molecule has 0 saturated heterocycles. The number of carbonyl (C=O) groups excluding carboxylic acids is 1. The summed E-state index contributed by atoms with van der Waals surface area (Å²) in [6.45, 7) is 5.94. The summed E-state index contributed by atoms with van der Waals surface area (Å²) in [6, 6.07) is 30.4. The van der Waals surface area contributed by atoms with Gasteiger partial charge >= 0.3 is 5.97 Å². The molecule has 5 aromatic rings. The molecule has 0 aliphatic carbocycles. The molecular formula is C35H30N2O4S. The number of nitrogens with zero attached hydrogens (tertiary/aromatic N) is 2. The van der Waals surface area contributed by atoms with E-state index in [2.05, 4.69) is 0 Å². The first-order chi connectivity index (χ1) is 20.5. The number of fused-ring (bicyclic) bond motifs is 2. The zero-order valence-electron chi connectivity index (χ0n) is 23.6. The lowest BCUT2D eigenvalue weighted by Crippen LogP contribution is -2.40. The van der Waals surface area contributed by atoms with Gasteiger partial charge in [0.15, 0.2) is 4.80 Å². The summed E-state index contributed by atoms with van der Waals surface area (Å²) in [6.07, 6.45) is 1.85. The Bertz CT molecular complexity index is 1990. The third-order valence-electron chi connectivity index (χ3n) is 7.06. The van der Waals surface area contributed by atoms with Crippen LogP contribution in [0.2, 0.25) is 0 Å². The molecule has 0 radical (unpaired) electrons. The molecule has 0 saturated carbocycles. The van der Waals surface area contributed by atoms with Crippen molar-refractivity contribution < 1.29 is 14.3 Å². The van der Waals surface area contributed by atoms with Crippen LogP contribution in [0.15, 0.2) is 112 Å². The maximum absolute atomic E-state index is 14.3. The predicted octanol–water partition coefficient (Wildman–Crippen LogP) is 5.88.